The number of para-hydroxylation sites is 1. The average Bonchev–Trinajstić information content (AvgIpc) is 3.37. The van der Waals surface area contributed by atoms with Crippen LogP contribution in [0.4, 0.5) is 5.69 Å². The predicted molar refractivity (Wildman–Crippen MR) is 166 cm³/mol. The van der Waals surface area contributed by atoms with Gasteiger partial charge in [0, 0.05) is 36.8 Å². The number of fused-ring (bicyclic) bond motifs is 1. The Morgan fingerprint density at radius 1 is 1.07 bits per heavy atom. The van der Waals surface area contributed by atoms with Gasteiger partial charge < -0.3 is 20.6 Å². The van der Waals surface area contributed by atoms with Gasteiger partial charge in [-0.15, -0.1) is 5.10 Å². The Balaban J connectivity index is 1.44. The number of carbonyl (C=O) groups excluding carboxylic acids is 2. The van der Waals surface area contributed by atoms with Crippen LogP contribution >= 0.6 is 0 Å². The van der Waals surface area contributed by atoms with Gasteiger partial charge in [0.05, 0.1) is 12.6 Å². The van der Waals surface area contributed by atoms with Crippen molar-refractivity contribution in [2.24, 2.45) is 7.05 Å². The van der Waals surface area contributed by atoms with Gasteiger partial charge in [0.25, 0.3) is 0 Å². The van der Waals surface area contributed by atoms with Gasteiger partial charge in [-0.3, -0.25) is 9.59 Å². The van der Waals surface area contributed by atoms with E-state index in [1.807, 2.05) is 86.6 Å². The molecule has 0 saturated carbocycles. The van der Waals surface area contributed by atoms with E-state index in [1.165, 1.54) is 0 Å². The summed E-state index contributed by atoms with van der Waals surface area (Å²) in [6, 6.07) is 23.4. The molecule has 0 unspecified atom stereocenters. The number of benzene rings is 3. The van der Waals surface area contributed by atoms with E-state index < -0.39 is 17.7 Å². The Morgan fingerprint density at radius 2 is 1.81 bits per heavy atom. The van der Waals surface area contributed by atoms with Crippen LogP contribution < -0.4 is 15.5 Å². The average molecular weight is 582 g/mol. The minimum absolute atomic E-state index is 0.151. The van der Waals surface area contributed by atoms with Crippen LogP contribution in [-0.2, 0) is 29.6 Å². The van der Waals surface area contributed by atoms with E-state index in [4.69, 9.17) is 0 Å². The lowest BCUT2D eigenvalue weighted by Crippen LogP contribution is -2.51. The number of aliphatic hydroxyl groups excluding tert-OH is 1. The number of hydrogen-bond acceptors (Lipinski definition) is 7. The summed E-state index contributed by atoms with van der Waals surface area (Å²) in [6.45, 7) is 6.21. The SMILES string of the molecule is C[C@@H](O)CNC(C)(C)CC(=O)N[C@@H]1CCc2ccccc2N(Cc2ccc(-c3ccccc3)c(-c3nnnn3C)c2)C1=O. The van der Waals surface area contributed by atoms with Gasteiger partial charge in [-0.25, -0.2) is 4.68 Å². The van der Waals surface area contributed by atoms with E-state index in [1.54, 1.807) is 23.6 Å². The van der Waals surface area contributed by atoms with Crippen LogP contribution in [0.25, 0.3) is 22.5 Å². The van der Waals surface area contributed by atoms with Crippen molar-refractivity contribution < 1.29 is 14.7 Å². The zero-order chi connectivity index (χ0) is 30.6. The zero-order valence-electron chi connectivity index (χ0n) is 25.1. The van der Waals surface area contributed by atoms with Crippen LogP contribution in [-0.4, -0.2) is 61.4 Å². The maximum Gasteiger partial charge on any atom is 0.249 e. The monoisotopic (exact) mass is 581 g/mol. The molecule has 4 aromatic rings. The maximum absolute atomic E-state index is 14.1. The second-order valence-electron chi connectivity index (χ2n) is 11.9. The minimum atomic E-state index is -0.668. The molecule has 224 valence electrons. The summed E-state index contributed by atoms with van der Waals surface area (Å²) < 4.78 is 1.64. The second kappa shape index (κ2) is 12.8. The van der Waals surface area contributed by atoms with Gasteiger partial charge in [-0.1, -0.05) is 60.7 Å². The number of anilines is 1. The number of carbonyl (C=O) groups is 2. The Labute approximate surface area is 252 Å². The van der Waals surface area contributed by atoms with Gasteiger partial charge in [-0.05, 0) is 78.4 Å². The quantitative estimate of drug-likeness (QED) is 0.261. The molecule has 1 aliphatic heterocycles. The molecule has 0 spiro atoms. The van der Waals surface area contributed by atoms with Crippen molar-refractivity contribution in [3.63, 3.8) is 0 Å². The molecule has 3 N–H and O–H groups in total. The number of aryl methyl sites for hydroxylation is 2. The maximum atomic E-state index is 14.1. The molecule has 10 nitrogen and oxygen atoms in total. The minimum Gasteiger partial charge on any atom is -0.392 e. The lowest BCUT2D eigenvalue weighted by atomic mass is 9.96. The number of rotatable bonds is 10. The molecular formula is C33H39N7O3. The standard InChI is InChI=1S/C33H39N7O3/c1-22(41)20-34-33(2,3)19-30(42)35-28-17-15-25-12-8-9-13-29(25)40(32(28)43)21-23-14-16-26(24-10-6-5-7-11-24)27(18-23)31-36-37-38-39(31)4/h5-14,16,18,22,28,34,41H,15,17,19-21H2,1-4H3,(H,35,42)/t22-,28-/m1/s1. The van der Waals surface area contributed by atoms with Crippen molar-refractivity contribution in [3.05, 3.63) is 83.9 Å². The van der Waals surface area contributed by atoms with Crippen molar-refractivity contribution in [1.29, 1.82) is 0 Å². The molecule has 3 aromatic carbocycles. The molecule has 0 fully saturated rings. The Hall–Kier alpha value is -4.41. The fourth-order valence-corrected chi connectivity index (χ4v) is 5.53. The highest BCUT2D eigenvalue weighted by atomic mass is 16.3. The van der Waals surface area contributed by atoms with E-state index in [2.05, 4.69) is 26.2 Å². The number of nitrogens with one attached hydrogen (secondary N) is 2. The Kier molecular flexibility index (Phi) is 8.98. The van der Waals surface area contributed by atoms with Crippen LogP contribution in [0, 0.1) is 0 Å². The summed E-state index contributed by atoms with van der Waals surface area (Å²) in [4.78, 5) is 29.0. The fraction of sp³-hybridized carbons (Fsp3) is 0.364. The lowest BCUT2D eigenvalue weighted by Gasteiger charge is -2.29. The topological polar surface area (TPSA) is 125 Å². The normalized spacial score (nSPS) is 16.0. The van der Waals surface area contributed by atoms with Crippen molar-refractivity contribution >= 4 is 17.5 Å². The largest absolute Gasteiger partial charge is 0.392 e. The number of aromatic nitrogens is 4. The van der Waals surface area contributed by atoms with Gasteiger partial charge in [0.15, 0.2) is 5.82 Å². The summed E-state index contributed by atoms with van der Waals surface area (Å²) in [6.07, 6.45) is 0.815. The third kappa shape index (κ3) is 7.15. The van der Waals surface area contributed by atoms with Gasteiger partial charge in [0.2, 0.25) is 11.8 Å². The first-order valence-electron chi connectivity index (χ1n) is 14.6. The highest BCUT2D eigenvalue weighted by Gasteiger charge is 2.33. The van der Waals surface area contributed by atoms with Crippen LogP contribution in [0.5, 0.6) is 0 Å². The number of β-amino-alcohol motifs (C(OH)–C–C–N with tert-alkyl or cyclic N) is 1. The molecule has 1 aliphatic rings. The highest BCUT2D eigenvalue weighted by molar-refractivity contribution is 6.00. The summed E-state index contributed by atoms with van der Waals surface area (Å²) in [7, 11) is 1.81. The van der Waals surface area contributed by atoms with E-state index in [9.17, 15) is 14.7 Å². The molecule has 1 aromatic heterocycles. The van der Waals surface area contributed by atoms with E-state index in [-0.39, 0.29) is 18.2 Å². The number of hydrogen-bond donors (Lipinski definition) is 3. The molecule has 2 atom stereocenters. The molecule has 0 radical (unpaired) electrons. The fourth-order valence-electron chi connectivity index (χ4n) is 5.53. The summed E-state index contributed by atoms with van der Waals surface area (Å²) in [5, 5.41) is 28.1. The number of tetrazole rings is 1. The summed E-state index contributed by atoms with van der Waals surface area (Å²) >= 11 is 0. The van der Waals surface area contributed by atoms with Crippen molar-refractivity contribution in [2.75, 3.05) is 11.4 Å². The number of nitrogens with zero attached hydrogens (tertiary/aromatic N) is 5. The van der Waals surface area contributed by atoms with E-state index in [0.717, 1.165) is 33.5 Å². The first kappa shape index (κ1) is 30.1. The van der Waals surface area contributed by atoms with Crippen LogP contribution in [0.2, 0.25) is 0 Å². The predicted octanol–water partition coefficient (Wildman–Crippen LogP) is 3.65. The second-order valence-corrected chi connectivity index (χ2v) is 11.9. The van der Waals surface area contributed by atoms with Crippen molar-refractivity contribution in [2.45, 2.75) is 64.3 Å². The summed E-state index contributed by atoms with van der Waals surface area (Å²) in [5.74, 6) is 0.263. The third-order valence-electron chi connectivity index (χ3n) is 7.73. The molecule has 10 heteroatoms. The van der Waals surface area contributed by atoms with Gasteiger partial charge >= 0.3 is 0 Å². The molecular weight excluding hydrogens is 542 g/mol. The molecule has 2 amide bonds. The van der Waals surface area contributed by atoms with Crippen LogP contribution in [0.1, 0.15) is 44.7 Å². The zero-order valence-corrected chi connectivity index (χ0v) is 25.1. The highest BCUT2D eigenvalue weighted by Crippen LogP contribution is 2.34. The summed E-state index contributed by atoms with van der Waals surface area (Å²) in [5.41, 5.74) is 5.17. The van der Waals surface area contributed by atoms with Crippen molar-refractivity contribution in [3.8, 4) is 22.5 Å². The first-order valence-corrected chi connectivity index (χ1v) is 14.6. The molecule has 0 bridgehead atoms. The lowest BCUT2D eigenvalue weighted by molar-refractivity contribution is -0.128. The van der Waals surface area contributed by atoms with Gasteiger partial charge in [0.1, 0.15) is 6.04 Å². The van der Waals surface area contributed by atoms with E-state index in [0.29, 0.717) is 31.8 Å². The third-order valence-corrected chi connectivity index (χ3v) is 7.73. The Bertz CT molecular complexity index is 1580. The van der Waals surface area contributed by atoms with Crippen LogP contribution in [0.3, 0.4) is 0 Å². The van der Waals surface area contributed by atoms with Crippen LogP contribution in [0.15, 0.2) is 72.8 Å². The molecule has 0 aliphatic carbocycles. The molecule has 0 saturated heterocycles. The van der Waals surface area contributed by atoms with Crippen molar-refractivity contribution in [1.82, 2.24) is 30.8 Å². The number of amides is 2. The Morgan fingerprint density at radius 3 is 2.53 bits per heavy atom. The molecule has 5 rings (SSSR count). The van der Waals surface area contributed by atoms with Gasteiger partial charge in [-0.2, -0.15) is 0 Å². The van der Waals surface area contributed by atoms with E-state index >= 15 is 0 Å². The molecule has 43 heavy (non-hydrogen) atoms. The molecule has 2 heterocycles. The smallest absolute Gasteiger partial charge is 0.249 e. The number of aliphatic hydroxyl groups is 1. The first-order chi connectivity index (χ1) is 20.6.